The quantitative estimate of drug-likeness (QED) is 0.580. The number of hydrogen-bond donors (Lipinski definition) is 2. The zero-order valence-corrected chi connectivity index (χ0v) is 10.1. The third-order valence-corrected chi connectivity index (χ3v) is 4.23. The van der Waals surface area contributed by atoms with E-state index >= 15 is 0 Å². The summed E-state index contributed by atoms with van der Waals surface area (Å²) in [6.07, 6.45) is 0.213. The lowest BCUT2D eigenvalue weighted by molar-refractivity contribution is 0.165. The van der Waals surface area contributed by atoms with Gasteiger partial charge in [0.2, 0.25) is 0 Å². The Morgan fingerprint density at radius 3 is 2.53 bits per heavy atom. The monoisotopic (exact) mass is 236 g/mol. The highest BCUT2D eigenvalue weighted by molar-refractivity contribution is 7.91. The summed E-state index contributed by atoms with van der Waals surface area (Å²) in [7, 11) is 0.969. The molecule has 0 radical (unpaired) electrons. The van der Waals surface area contributed by atoms with E-state index in [0.29, 0.717) is 0 Å². The number of rotatable bonds is 5. The van der Waals surface area contributed by atoms with Crippen LogP contribution in [0.3, 0.4) is 0 Å². The van der Waals surface area contributed by atoms with Gasteiger partial charge in [-0.2, -0.15) is 0 Å². The number of hydrogen-bond acceptors (Lipinski definition) is 5. The number of aliphatic hydroxyl groups excluding tert-OH is 1. The summed E-state index contributed by atoms with van der Waals surface area (Å²) in [5.41, 5.74) is 0. The Morgan fingerprint density at radius 1 is 1.40 bits per heavy atom. The first-order valence-electron chi connectivity index (χ1n) is 5.17. The van der Waals surface area contributed by atoms with Crippen LogP contribution in [0.1, 0.15) is 6.42 Å². The highest BCUT2D eigenvalue weighted by Gasteiger charge is 2.35. The molecule has 0 saturated carbocycles. The molecule has 0 aromatic rings. The Labute approximate surface area is 91.4 Å². The van der Waals surface area contributed by atoms with E-state index in [9.17, 15) is 13.5 Å². The molecule has 0 amide bonds. The molecule has 1 heterocycles. The van der Waals surface area contributed by atoms with Gasteiger partial charge in [0.25, 0.3) is 0 Å². The molecule has 0 spiro atoms. The van der Waals surface area contributed by atoms with Gasteiger partial charge in [0.1, 0.15) is 0 Å². The fraction of sp³-hybridized carbons (Fsp3) is 1.00. The van der Waals surface area contributed by atoms with Gasteiger partial charge >= 0.3 is 0 Å². The van der Waals surface area contributed by atoms with Crippen molar-refractivity contribution in [3.63, 3.8) is 0 Å². The zero-order chi connectivity index (χ0) is 11.5. The normalized spacial score (nSPS) is 29.9. The van der Waals surface area contributed by atoms with Crippen LogP contribution in [0, 0.1) is 0 Å². The minimum atomic E-state index is -3.02. The number of nitrogens with zero attached hydrogens (tertiary/aromatic N) is 1. The summed E-state index contributed by atoms with van der Waals surface area (Å²) >= 11 is 0. The SMILES string of the molecule is CN(C)CCCN[C@H]1CS(=O)(=O)C[C@H]1O. The highest BCUT2D eigenvalue weighted by Crippen LogP contribution is 2.12. The van der Waals surface area contributed by atoms with Crippen LogP contribution in [-0.2, 0) is 9.84 Å². The lowest BCUT2D eigenvalue weighted by Gasteiger charge is -2.15. The molecule has 1 saturated heterocycles. The molecule has 0 unspecified atom stereocenters. The second-order valence-corrected chi connectivity index (χ2v) is 6.52. The maximum atomic E-state index is 11.2. The smallest absolute Gasteiger partial charge is 0.154 e. The van der Waals surface area contributed by atoms with Crippen molar-refractivity contribution in [1.29, 1.82) is 0 Å². The van der Waals surface area contributed by atoms with Crippen LogP contribution in [0.5, 0.6) is 0 Å². The van der Waals surface area contributed by atoms with E-state index in [1.807, 2.05) is 14.1 Å². The van der Waals surface area contributed by atoms with Crippen LogP contribution in [-0.4, -0.2) is 69.3 Å². The van der Waals surface area contributed by atoms with Gasteiger partial charge in [-0.15, -0.1) is 0 Å². The fourth-order valence-corrected chi connectivity index (χ4v) is 3.48. The van der Waals surface area contributed by atoms with E-state index in [4.69, 9.17) is 0 Å². The van der Waals surface area contributed by atoms with Crippen molar-refractivity contribution in [1.82, 2.24) is 10.2 Å². The van der Waals surface area contributed by atoms with Gasteiger partial charge in [-0.3, -0.25) is 0 Å². The Balaban J connectivity index is 2.23. The summed E-state index contributed by atoms with van der Waals surface area (Å²) < 4.78 is 22.4. The van der Waals surface area contributed by atoms with Crippen LogP contribution in [0.25, 0.3) is 0 Å². The Hall–Kier alpha value is -0.170. The molecule has 2 atom stereocenters. The molecular weight excluding hydrogens is 216 g/mol. The van der Waals surface area contributed by atoms with Crippen molar-refractivity contribution in [2.24, 2.45) is 0 Å². The van der Waals surface area contributed by atoms with Gasteiger partial charge in [0, 0.05) is 6.04 Å². The molecule has 0 aromatic carbocycles. The molecule has 1 rings (SSSR count). The first kappa shape index (κ1) is 12.9. The molecule has 0 bridgehead atoms. The molecule has 5 nitrogen and oxygen atoms in total. The summed E-state index contributed by atoms with van der Waals surface area (Å²) in [4.78, 5) is 2.07. The van der Waals surface area contributed by atoms with Gasteiger partial charge in [0.15, 0.2) is 9.84 Å². The largest absolute Gasteiger partial charge is 0.390 e. The Kier molecular flexibility index (Phi) is 4.51. The van der Waals surface area contributed by atoms with Crippen molar-refractivity contribution in [2.75, 3.05) is 38.7 Å². The molecule has 90 valence electrons. The summed E-state index contributed by atoms with van der Waals surface area (Å²) in [6, 6.07) is -0.280. The molecule has 0 aliphatic carbocycles. The van der Waals surface area contributed by atoms with E-state index in [-0.39, 0.29) is 17.5 Å². The number of sulfone groups is 1. The van der Waals surface area contributed by atoms with Crippen LogP contribution < -0.4 is 5.32 Å². The fourth-order valence-electron chi connectivity index (χ4n) is 1.71. The summed E-state index contributed by atoms with van der Waals surface area (Å²) in [5.74, 6) is -0.0333. The van der Waals surface area contributed by atoms with E-state index in [2.05, 4.69) is 10.2 Å². The molecule has 0 aromatic heterocycles. The molecule has 1 aliphatic heterocycles. The average molecular weight is 236 g/mol. The van der Waals surface area contributed by atoms with Crippen molar-refractivity contribution >= 4 is 9.84 Å². The predicted octanol–water partition coefficient (Wildman–Crippen LogP) is -1.31. The van der Waals surface area contributed by atoms with Crippen molar-refractivity contribution in [3.8, 4) is 0 Å². The van der Waals surface area contributed by atoms with E-state index in [0.717, 1.165) is 19.5 Å². The van der Waals surface area contributed by atoms with E-state index in [1.165, 1.54) is 0 Å². The zero-order valence-electron chi connectivity index (χ0n) is 9.31. The standard InChI is InChI=1S/C9H20N2O3S/c1-11(2)5-3-4-10-8-6-15(13,14)7-9(8)12/h8-10,12H,3-7H2,1-2H3/t8-,9+/m0/s1. The third-order valence-electron chi connectivity index (χ3n) is 2.51. The summed E-state index contributed by atoms with van der Waals surface area (Å²) in [6.45, 7) is 1.71. The number of aliphatic hydroxyl groups is 1. The topological polar surface area (TPSA) is 69.6 Å². The molecule has 6 heteroatoms. The lowest BCUT2D eigenvalue weighted by atomic mass is 10.2. The minimum absolute atomic E-state index is 0.0656. The van der Waals surface area contributed by atoms with Gasteiger partial charge in [-0.25, -0.2) is 8.42 Å². The van der Waals surface area contributed by atoms with Crippen LogP contribution in [0.15, 0.2) is 0 Å². The molecule has 2 N–H and O–H groups in total. The second-order valence-electron chi connectivity index (χ2n) is 4.36. The average Bonchev–Trinajstić information content (AvgIpc) is 2.33. The van der Waals surface area contributed by atoms with Crippen LogP contribution in [0.2, 0.25) is 0 Å². The van der Waals surface area contributed by atoms with E-state index < -0.39 is 15.9 Å². The molecule has 1 aliphatic rings. The van der Waals surface area contributed by atoms with Crippen LogP contribution >= 0.6 is 0 Å². The first-order chi connectivity index (χ1) is 6.91. The lowest BCUT2D eigenvalue weighted by Crippen LogP contribution is -2.39. The molecule has 15 heavy (non-hydrogen) atoms. The third kappa shape index (κ3) is 4.46. The van der Waals surface area contributed by atoms with Crippen molar-refractivity contribution in [3.05, 3.63) is 0 Å². The van der Waals surface area contributed by atoms with Crippen LogP contribution in [0.4, 0.5) is 0 Å². The number of nitrogens with one attached hydrogen (secondary N) is 1. The molecular formula is C9H20N2O3S. The molecule has 1 fully saturated rings. The summed E-state index contributed by atoms with van der Waals surface area (Å²) in [5, 5.41) is 12.6. The van der Waals surface area contributed by atoms with Crippen molar-refractivity contribution in [2.45, 2.75) is 18.6 Å². The maximum absolute atomic E-state index is 11.2. The van der Waals surface area contributed by atoms with Gasteiger partial charge in [-0.05, 0) is 33.6 Å². The highest BCUT2D eigenvalue weighted by atomic mass is 32.2. The van der Waals surface area contributed by atoms with E-state index in [1.54, 1.807) is 0 Å². The Bertz CT molecular complexity index is 290. The first-order valence-corrected chi connectivity index (χ1v) is 6.99. The second kappa shape index (κ2) is 5.25. The predicted molar refractivity (Wildman–Crippen MR) is 59.6 cm³/mol. The van der Waals surface area contributed by atoms with Gasteiger partial charge < -0.3 is 15.3 Å². The van der Waals surface area contributed by atoms with Gasteiger partial charge in [0.05, 0.1) is 17.6 Å². The minimum Gasteiger partial charge on any atom is -0.390 e. The Morgan fingerprint density at radius 2 is 2.07 bits per heavy atom. The maximum Gasteiger partial charge on any atom is 0.154 e. The van der Waals surface area contributed by atoms with Crippen molar-refractivity contribution < 1.29 is 13.5 Å². The van der Waals surface area contributed by atoms with Gasteiger partial charge in [-0.1, -0.05) is 0 Å².